The van der Waals surface area contributed by atoms with E-state index in [1.54, 1.807) is 13.3 Å². The van der Waals surface area contributed by atoms with Crippen LogP contribution in [0, 0.1) is 0 Å². The van der Waals surface area contributed by atoms with Gasteiger partial charge in [-0.05, 0) is 23.1 Å². The van der Waals surface area contributed by atoms with Crippen molar-refractivity contribution in [3.63, 3.8) is 0 Å². The van der Waals surface area contributed by atoms with Crippen LogP contribution in [0.3, 0.4) is 0 Å². The molecule has 0 bridgehead atoms. The van der Waals surface area contributed by atoms with Crippen molar-refractivity contribution >= 4 is 0 Å². The Morgan fingerprint density at radius 1 is 1.50 bits per heavy atom. The minimum Gasteiger partial charge on any atom is -0.380 e. The number of pyridine rings is 1. The van der Waals surface area contributed by atoms with Crippen LogP contribution in [0.25, 0.3) is 0 Å². The zero-order chi connectivity index (χ0) is 8.97. The van der Waals surface area contributed by atoms with Crippen molar-refractivity contribution in [1.29, 1.82) is 0 Å². The van der Waals surface area contributed by atoms with Gasteiger partial charge in [-0.15, -0.1) is 0 Å². The molecule has 0 aromatic carbocycles. The van der Waals surface area contributed by atoms with Gasteiger partial charge in [-0.1, -0.05) is 13.8 Å². The summed E-state index contributed by atoms with van der Waals surface area (Å²) >= 11 is 0. The van der Waals surface area contributed by atoms with E-state index in [0.717, 1.165) is 0 Å². The standard InChI is InChI=1S/C10H15NO/c1-8(2)10-6-11-5-4-9(10)7-12-3/h4-6,8H,7H2,1-3H3. The topological polar surface area (TPSA) is 22.1 Å². The van der Waals surface area contributed by atoms with Gasteiger partial charge in [-0.25, -0.2) is 0 Å². The highest BCUT2D eigenvalue weighted by Gasteiger charge is 2.04. The van der Waals surface area contributed by atoms with Crippen LogP contribution in [0.15, 0.2) is 18.5 Å². The van der Waals surface area contributed by atoms with Crippen molar-refractivity contribution in [3.8, 4) is 0 Å². The van der Waals surface area contributed by atoms with Crippen LogP contribution in [0.4, 0.5) is 0 Å². The van der Waals surface area contributed by atoms with E-state index in [2.05, 4.69) is 18.8 Å². The molecule has 0 atom stereocenters. The normalized spacial score (nSPS) is 10.7. The summed E-state index contributed by atoms with van der Waals surface area (Å²) in [7, 11) is 1.71. The van der Waals surface area contributed by atoms with Gasteiger partial charge in [-0.2, -0.15) is 0 Å². The summed E-state index contributed by atoms with van der Waals surface area (Å²) in [5.41, 5.74) is 2.52. The maximum Gasteiger partial charge on any atom is 0.0716 e. The van der Waals surface area contributed by atoms with E-state index in [-0.39, 0.29) is 0 Å². The first-order valence-corrected chi connectivity index (χ1v) is 4.17. The Kier molecular flexibility index (Phi) is 3.23. The van der Waals surface area contributed by atoms with Crippen LogP contribution in [0.2, 0.25) is 0 Å². The van der Waals surface area contributed by atoms with Crippen LogP contribution >= 0.6 is 0 Å². The molecule has 0 aliphatic heterocycles. The molecule has 66 valence electrons. The molecular formula is C10H15NO. The zero-order valence-electron chi connectivity index (χ0n) is 7.87. The quantitative estimate of drug-likeness (QED) is 0.686. The van der Waals surface area contributed by atoms with Crippen molar-refractivity contribution in [1.82, 2.24) is 4.98 Å². The molecule has 0 aliphatic carbocycles. The number of ether oxygens (including phenoxy) is 1. The summed E-state index contributed by atoms with van der Waals surface area (Å²) in [4.78, 5) is 4.09. The average molecular weight is 165 g/mol. The highest BCUT2D eigenvalue weighted by atomic mass is 16.5. The maximum atomic E-state index is 5.09. The Morgan fingerprint density at radius 3 is 2.83 bits per heavy atom. The fourth-order valence-corrected chi connectivity index (χ4v) is 1.24. The van der Waals surface area contributed by atoms with E-state index in [9.17, 15) is 0 Å². The van der Waals surface area contributed by atoms with E-state index in [0.29, 0.717) is 12.5 Å². The third kappa shape index (κ3) is 2.05. The largest absolute Gasteiger partial charge is 0.380 e. The van der Waals surface area contributed by atoms with Gasteiger partial charge in [-0.3, -0.25) is 4.98 Å². The van der Waals surface area contributed by atoms with Crippen LogP contribution in [0.1, 0.15) is 30.9 Å². The van der Waals surface area contributed by atoms with E-state index >= 15 is 0 Å². The summed E-state index contributed by atoms with van der Waals surface area (Å²) < 4.78 is 5.09. The smallest absolute Gasteiger partial charge is 0.0716 e. The second-order valence-corrected chi connectivity index (χ2v) is 3.16. The summed E-state index contributed by atoms with van der Waals surface area (Å²) in [5.74, 6) is 0.517. The fourth-order valence-electron chi connectivity index (χ4n) is 1.24. The van der Waals surface area contributed by atoms with Gasteiger partial charge in [0.15, 0.2) is 0 Å². The van der Waals surface area contributed by atoms with Gasteiger partial charge >= 0.3 is 0 Å². The predicted octanol–water partition coefficient (Wildman–Crippen LogP) is 2.35. The SMILES string of the molecule is COCc1ccncc1C(C)C. The molecule has 0 fully saturated rings. The maximum absolute atomic E-state index is 5.09. The molecule has 0 saturated heterocycles. The Hall–Kier alpha value is -0.890. The average Bonchev–Trinajstić information content (AvgIpc) is 2.05. The Morgan fingerprint density at radius 2 is 2.25 bits per heavy atom. The third-order valence-electron chi connectivity index (χ3n) is 1.87. The number of hydrogen-bond donors (Lipinski definition) is 0. The lowest BCUT2D eigenvalue weighted by atomic mass is 10.0. The van der Waals surface area contributed by atoms with Crippen LogP contribution < -0.4 is 0 Å². The second-order valence-electron chi connectivity index (χ2n) is 3.16. The van der Waals surface area contributed by atoms with Crippen LogP contribution in [-0.4, -0.2) is 12.1 Å². The van der Waals surface area contributed by atoms with Crippen LogP contribution in [-0.2, 0) is 11.3 Å². The first-order chi connectivity index (χ1) is 5.75. The molecule has 2 nitrogen and oxygen atoms in total. The summed E-state index contributed by atoms with van der Waals surface area (Å²) in [5, 5.41) is 0. The number of aromatic nitrogens is 1. The molecule has 1 heterocycles. The summed E-state index contributed by atoms with van der Waals surface area (Å²) in [6, 6.07) is 2.01. The highest BCUT2D eigenvalue weighted by Crippen LogP contribution is 2.18. The van der Waals surface area contributed by atoms with Gasteiger partial charge in [0.25, 0.3) is 0 Å². The lowest BCUT2D eigenvalue weighted by molar-refractivity contribution is 0.184. The van der Waals surface area contributed by atoms with Crippen molar-refractivity contribution in [2.75, 3.05) is 7.11 Å². The van der Waals surface area contributed by atoms with Gasteiger partial charge < -0.3 is 4.74 Å². The molecule has 0 spiro atoms. The van der Waals surface area contributed by atoms with Crippen molar-refractivity contribution in [3.05, 3.63) is 29.6 Å². The minimum atomic E-state index is 0.517. The molecule has 2 heteroatoms. The Balaban J connectivity index is 2.92. The lowest BCUT2D eigenvalue weighted by Gasteiger charge is -2.10. The van der Waals surface area contributed by atoms with Crippen molar-refractivity contribution in [2.24, 2.45) is 0 Å². The van der Waals surface area contributed by atoms with Crippen LogP contribution in [0.5, 0.6) is 0 Å². The van der Waals surface area contributed by atoms with Crippen molar-refractivity contribution < 1.29 is 4.74 Å². The fraction of sp³-hybridized carbons (Fsp3) is 0.500. The van der Waals surface area contributed by atoms with E-state index in [4.69, 9.17) is 4.74 Å². The number of methoxy groups -OCH3 is 1. The van der Waals surface area contributed by atoms with Gasteiger partial charge in [0, 0.05) is 19.5 Å². The summed E-state index contributed by atoms with van der Waals surface area (Å²) in [6.45, 7) is 5.00. The van der Waals surface area contributed by atoms with E-state index in [1.165, 1.54) is 11.1 Å². The molecule has 0 amide bonds. The molecule has 1 aromatic heterocycles. The summed E-state index contributed by atoms with van der Waals surface area (Å²) in [6.07, 6.45) is 3.72. The molecule has 0 unspecified atom stereocenters. The molecule has 0 radical (unpaired) electrons. The lowest BCUT2D eigenvalue weighted by Crippen LogP contribution is -1.98. The molecule has 0 saturated carbocycles. The zero-order valence-corrected chi connectivity index (χ0v) is 7.87. The Bertz CT molecular complexity index is 245. The molecule has 0 N–H and O–H groups in total. The molecule has 0 aliphatic rings. The molecule has 12 heavy (non-hydrogen) atoms. The first-order valence-electron chi connectivity index (χ1n) is 4.17. The highest BCUT2D eigenvalue weighted by molar-refractivity contribution is 5.25. The van der Waals surface area contributed by atoms with E-state index < -0.39 is 0 Å². The van der Waals surface area contributed by atoms with Gasteiger partial charge in [0.05, 0.1) is 6.61 Å². The van der Waals surface area contributed by atoms with Gasteiger partial charge in [0.2, 0.25) is 0 Å². The van der Waals surface area contributed by atoms with Crippen molar-refractivity contribution in [2.45, 2.75) is 26.4 Å². The van der Waals surface area contributed by atoms with Gasteiger partial charge in [0.1, 0.15) is 0 Å². The number of hydrogen-bond acceptors (Lipinski definition) is 2. The first kappa shape index (κ1) is 9.20. The third-order valence-corrected chi connectivity index (χ3v) is 1.87. The predicted molar refractivity (Wildman–Crippen MR) is 49.0 cm³/mol. The molecule has 1 rings (SSSR count). The number of nitrogens with zero attached hydrogens (tertiary/aromatic N) is 1. The molecule has 1 aromatic rings. The monoisotopic (exact) mass is 165 g/mol. The number of rotatable bonds is 3. The second kappa shape index (κ2) is 4.21. The molecular weight excluding hydrogens is 150 g/mol. The minimum absolute atomic E-state index is 0.517. The Labute approximate surface area is 73.6 Å². The van der Waals surface area contributed by atoms with E-state index in [1.807, 2.05) is 12.3 Å².